The Bertz CT molecular complexity index is 1570. The molecule has 1 aliphatic heterocycles. The number of piperazine rings is 1. The van der Waals surface area contributed by atoms with Crippen LogP contribution in [0.5, 0.6) is 0 Å². The lowest BCUT2D eigenvalue weighted by Gasteiger charge is -2.38. The molecular formula is C28H25N7O4. The Kier molecular flexibility index (Phi) is 7.29. The van der Waals surface area contributed by atoms with Crippen molar-refractivity contribution in [3.05, 3.63) is 78.1 Å². The van der Waals surface area contributed by atoms with E-state index in [0.717, 1.165) is 5.56 Å². The number of nitrogens with one attached hydrogen (secondary N) is 2. The van der Waals surface area contributed by atoms with Crippen LogP contribution in [0.4, 0.5) is 5.69 Å². The second kappa shape index (κ2) is 11.1. The molecule has 4 aromatic rings. The third-order valence-corrected chi connectivity index (χ3v) is 6.44. The van der Waals surface area contributed by atoms with Crippen molar-refractivity contribution in [2.24, 2.45) is 0 Å². The lowest BCUT2D eigenvalue weighted by molar-refractivity contribution is -0.126. The van der Waals surface area contributed by atoms with Crippen molar-refractivity contribution < 1.29 is 18.8 Å². The average molecular weight is 524 g/mol. The quantitative estimate of drug-likeness (QED) is 0.290. The summed E-state index contributed by atoms with van der Waals surface area (Å²) in [5.41, 5.74) is 3.37. The highest BCUT2D eigenvalue weighted by Crippen LogP contribution is 2.27. The summed E-state index contributed by atoms with van der Waals surface area (Å²) in [4.78, 5) is 49.8. The fourth-order valence-electron chi connectivity index (χ4n) is 4.64. The second-order valence-corrected chi connectivity index (χ2v) is 9.05. The normalized spacial score (nSPS) is 14.4. The molecule has 1 fully saturated rings. The van der Waals surface area contributed by atoms with Gasteiger partial charge in [0, 0.05) is 50.6 Å². The first-order chi connectivity index (χ1) is 18.9. The van der Waals surface area contributed by atoms with Gasteiger partial charge in [-0.1, -0.05) is 30.3 Å². The molecule has 1 saturated heterocycles. The number of carbonyl (C=O) groups excluding carboxylic acids is 3. The molecule has 1 aliphatic rings. The number of oxazole rings is 1. The number of amides is 3. The molecule has 11 heteroatoms. The third-order valence-electron chi connectivity index (χ3n) is 6.44. The third kappa shape index (κ3) is 5.61. The van der Waals surface area contributed by atoms with E-state index in [1.54, 1.807) is 41.4 Å². The summed E-state index contributed by atoms with van der Waals surface area (Å²) >= 11 is 0. The van der Waals surface area contributed by atoms with Gasteiger partial charge in [-0.3, -0.25) is 29.6 Å². The minimum Gasteiger partial charge on any atom is -0.436 e. The van der Waals surface area contributed by atoms with E-state index >= 15 is 0 Å². The van der Waals surface area contributed by atoms with Crippen molar-refractivity contribution in [3.63, 3.8) is 0 Å². The zero-order valence-electron chi connectivity index (χ0n) is 21.1. The SMILES string of the molecule is CC(=O)Nc1ccc2oc(-c3ccnc(C(=O)N4CCN(C(C(=O)NC#N)c5ccccc5)CC4)c3)nc2c1. The van der Waals surface area contributed by atoms with Crippen molar-refractivity contribution in [3.8, 4) is 17.6 Å². The van der Waals surface area contributed by atoms with E-state index in [9.17, 15) is 14.4 Å². The molecule has 0 spiro atoms. The number of fused-ring (bicyclic) bond motifs is 1. The summed E-state index contributed by atoms with van der Waals surface area (Å²) in [6, 6.07) is 17.2. The van der Waals surface area contributed by atoms with Gasteiger partial charge in [0.15, 0.2) is 11.8 Å². The van der Waals surface area contributed by atoms with E-state index in [0.29, 0.717) is 54.4 Å². The number of pyridine rings is 1. The van der Waals surface area contributed by atoms with Gasteiger partial charge in [-0.25, -0.2) is 4.98 Å². The standard InChI is InChI=1S/C28H25N7O4/c1-18(36)32-21-7-8-24-22(16-21)33-27(39-24)20-9-10-30-23(15-20)28(38)35-13-11-34(12-14-35)25(26(37)31-17-29)19-5-3-2-4-6-19/h2-10,15-16,25H,11-14H2,1H3,(H,31,37)(H,32,36). The predicted molar refractivity (Wildman–Crippen MR) is 142 cm³/mol. The van der Waals surface area contributed by atoms with E-state index in [2.05, 4.69) is 20.6 Å². The van der Waals surface area contributed by atoms with Crippen LogP contribution < -0.4 is 10.6 Å². The van der Waals surface area contributed by atoms with Gasteiger partial charge in [-0.2, -0.15) is 5.26 Å². The first-order valence-corrected chi connectivity index (χ1v) is 12.3. The summed E-state index contributed by atoms with van der Waals surface area (Å²) in [5, 5.41) is 13.9. The minimum atomic E-state index is -0.630. The number of hydrogen-bond donors (Lipinski definition) is 2. The Balaban J connectivity index is 1.30. The van der Waals surface area contributed by atoms with Crippen molar-refractivity contribution in [2.45, 2.75) is 13.0 Å². The van der Waals surface area contributed by atoms with Gasteiger partial charge in [0.25, 0.3) is 11.8 Å². The number of benzene rings is 2. The zero-order chi connectivity index (χ0) is 27.4. The van der Waals surface area contributed by atoms with Crippen molar-refractivity contribution in [2.75, 3.05) is 31.5 Å². The van der Waals surface area contributed by atoms with Crippen LogP contribution in [-0.4, -0.2) is 63.7 Å². The lowest BCUT2D eigenvalue weighted by Crippen LogP contribution is -2.52. The number of hydrogen-bond acceptors (Lipinski definition) is 8. The molecule has 39 heavy (non-hydrogen) atoms. The van der Waals surface area contributed by atoms with E-state index in [-0.39, 0.29) is 17.5 Å². The molecule has 0 bridgehead atoms. The van der Waals surface area contributed by atoms with Gasteiger partial charge < -0.3 is 14.6 Å². The summed E-state index contributed by atoms with van der Waals surface area (Å²) in [6.45, 7) is 3.11. The number of rotatable bonds is 6. The molecule has 1 unspecified atom stereocenters. The summed E-state index contributed by atoms with van der Waals surface area (Å²) in [6.07, 6.45) is 3.25. The van der Waals surface area contributed by atoms with Gasteiger partial charge in [0.2, 0.25) is 11.8 Å². The maximum absolute atomic E-state index is 13.3. The second-order valence-electron chi connectivity index (χ2n) is 9.05. The molecule has 0 aliphatic carbocycles. The fraction of sp³-hybridized carbons (Fsp3) is 0.214. The molecule has 2 N–H and O–H groups in total. The number of anilines is 1. The van der Waals surface area contributed by atoms with Crippen LogP contribution in [0.2, 0.25) is 0 Å². The topological polar surface area (TPSA) is 144 Å². The highest BCUT2D eigenvalue weighted by atomic mass is 16.3. The van der Waals surface area contributed by atoms with Gasteiger partial charge >= 0.3 is 0 Å². The molecule has 5 rings (SSSR count). The molecular weight excluding hydrogens is 498 g/mol. The maximum atomic E-state index is 13.3. The summed E-state index contributed by atoms with van der Waals surface area (Å²) in [7, 11) is 0. The Morgan fingerprint density at radius 1 is 1.03 bits per heavy atom. The van der Waals surface area contributed by atoms with Crippen LogP contribution in [-0.2, 0) is 9.59 Å². The van der Waals surface area contributed by atoms with Gasteiger partial charge in [0.05, 0.1) is 0 Å². The largest absolute Gasteiger partial charge is 0.436 e. The number of nitrogens with zero attached hydrogens (tertiary/aromatic N) is 5. The average Bonchev–Trinajstić information content (AvgIpc) is 3.37. The first kappa shape index (κ1) is 25.6. The number of aromatic nitrogens is 2. The minimum absolute atomic E-state index is 0.183. The van der Waals surface area contributed by atoms with Crippen LogP contribution >= 0.6 is 0 Å². The maximum Gasteiger partial charge on any atom is 0.272 e. The van der Waals surface area contributed by atoms with E-state index < -0.39 is 11.9 Å². The van der Waals surface area contributed by atoms with Crippen molar-refractivity contribution >= 4 is 34.5 Å². The Morgan fingerprint density at radius 3 is 2.51 bits per heavy atom. The Morgan fingerprint density at radius 2 is 1.79 bits per heavy atom. The lowest BCUT2D eigenvalue weighted by atomic mass is 10.0. The molecule has 11 nitrogen and oxygen atoms in total. The van der Waals surface area contributed by atoms with Crippen LogP contribution in [0.25, 0.3) is 22.6 Å². The summed E-state index contributed by atoms with van der Waals surface area (Å²) in [5.74, 6) is -0.490. The Labute approximate surface area is 224 Å². The van der Waals surface area contributed by atoms with E-state index in [4.69, 9.17) is 9.68 Å². The Hall–Kier alpha value is -5.08. The number of carbonyl (C=O) groups is 3. The molecule has 0 radical (unpaired) electrons. The highest BCUT2D eigenvalue weighted by Gasteiger charge is 2.32. The van der Waals surface area contributed by atoms with Crippen LogP contribution in [0.1, 0.15) is 29.0 Å². The molecule has 2 aromatic carbocycles. The molecule has 3 heterocycles. The van der Waals surface area contributed by atoms with Gasteiger partial charge in [0.1, 0.15) is 17.3 Å². The van der Waals surface area contributed by atoms with Crippen LogP contribution in [0.3, 0.4) is 0 Å². The van der Waals surface area contributed by atoms with Crippen molar-refractivity contribution in [1.29, 1.82) is 5.26 Å². The van der Waals surface area contributed by atoms with Gasteiger partial charge in [-0.15, -0.1) is 0 Å². The smallest absolute Gasteiger partial charge is 0.272 e. The number of nitriles is 1. The predicted octanol–water partition coefficient (Wildman–Crippen LogP) is 2.94. The molecule has 1 atom stereocenters. The summed E-state index contributed by atoms with van der Waals surface area (Å²) < 4.78 is 5.88. The van der Waals surface area contributed by atoms with Gasteiger partial charge in [-0.05, 0) is 35.9 Å². The van der Waals surface area contributed by atoms with Crippen molar-refractivity contribution in [1.82, 2.24) is 25.1 Å². The van der Waals surface area contributed by atoms with Crippen LogP contribution in [0, 0.1) is 11.5 Å². The molecule has 2 aromatic heterocycles. The highest BCUT2D eigenvalue weighted by molar-refractivity contribution is 5.94. The zero-order valence-corrected chi connectivity index (χ0v) is 21.1. The molecule has 0 saturated carbocycles. The molecule has 3 amide bonds. The monoisotopic (exact) mass is 523 g/mol. The van der Waals surface area contributed by atoms with E-state index in [1.807, 2.05) is 35.2 Å². The van der Waals surface area contributed by atoms with Crippen LogP contribution in [0.15, 0.2) is 71.3 Å². The van der Waals surface area contributed by atoms with E-state index in [1.165, 1.54) is 13.1 Å². The fourth-order valence-corrected chi connectivity index (χ4v) is 4.64. The first-order valence-electron chi connectivity index (χ1n) is 12.3. The molecule has 196 valence electrons.